The monoisotopic (exact) mass is 773 g/mol. The van der Waals surface area contributed by atoms with Crippen LogP contribution in [0.3, 0.4) is 0 Å². The summed E-state index contributed by atoms with van der Waals surface area (Å²) in [7, 11) is -4.75. The van der Waals surface area contributed by atoms with Gasteiger partial charge in [0, 0.05) is 12.8 Å². The SMILES string of the molecule is CCCCCC/C=C/CCCCCCCC(=O)O[C@H](COC(=O)CCCCCCCCCCCCCCCCCCCCCCCC)COP(=O)(O)O. The summed E-state index contributed by atoms with van der Waals surface area (Å²) in [5.74, 6) is -0.882. The molecule has 2 N–H and O–H groups in total. The van der Waals surface area contributed by atoms with E-state index in [0.717, 1.165) is 51.4 Å². The van der Waals surface area contributed by atoms with Gasteiger partial charge in [0.1, 0.15) is 6.61 Å². The molecule has 8 nitrogen and oxygen atoms in total. The van der Waals surface area contributed by atoms with Crippen LogP contribution >= 0.6 is 7.82 Å². The Kier molecular flexibility index (Phi) is 39.5. The van der Waals surface area contributed by atoms with Crippen LogP contribution in [0, 0.1) is 0 Å². The third-order valence-corrected chi connectivity index (χ3v) is 10.5. The summed E-state index contributed by atoms with van der Waals surface area (Å²) < 4.78 is 26.4. The fraction of sp³-hybridized carbons (Fsp3) is 0.909. The molecule has 0 aliphatic rings. The van der Waals surface area contributed by atoms with Crippen LogP contribution in [-0.2, 0) is 28.2 Å². The number of phosphoric acid groups is 1. The highest BCUT2D eigenvalue weighted by atomic mass is 31.2. The molecule has 0 aliphatic heterocycles. The summed E-state index contributed by atoms with van der Waals surface area (Å²) in [6, 6.07) is 0. The van der Waals surface area contributed by atoms with Gasteiger partial charge in [-0.1, -0.05) is 199 Å². The maximum Gasteiger partial charge on any atom is 0.469 e. The first-order valence-corrected chi connectivity index (χ1v) is 24.0. The number of hydrogen-bond acceptors (Lipinski definition) is 6. The highest BCUT2D eigenvalue weighted by molar-refractivity contribution is 7.46. The predicted octanol–water partition coefficient (Wildman–Crippen LogP) is 13.8. The Labute approximate surface area is 327 Å². The molecule has 0 saturated heterocycles. The minimum atomic E-state index is -4.75. The van der Waals surface area contributed by atoms with E-state index < -0.39 is 32.5 Å². The zero-order valence-corrected chi connectivity index (χ0v) is 35.6. The fourth-order valence-corrected chi connectivity index (χ4v) is 7.02. The van der Waals surface area contributed by atoms with Crippen molar-refractivity contribution in [2.75, 3.05) is 13.2 Å². The van der Waals surface area contributed by atoms with Crippen molar-refractivity contribution in [2.24, 2.45) is 0 Å². The van der Waals surface area contributed by atoms with Crippen LogP contribution in [0.15, 0.2) is 12.2 Å². The van der Waals surface area contributed by atoms with Gasteiger partial charge in [-0.2, -0.15) is 0 Å². The van der Waals surface area contributed by atoms with E-state index >= 15 is 0 Å². The number of phosphoric ester groups is 1. The standard InChI is InChI=1S/C44H85O8P/c1-3-5-7-9-11-13-15-17-18-19-20-21-22-23-24-25-27-28-30-32-34-36-38-43(45)50-40-42(41-51-53(47,48)49)52-44(46)39-37-35-33-31-29-26-16-14-12-10-8-6-4-2/h14,16,42H,3-13,15,17-41H2,1-2H3,(H2,47,48,49)/b16-14+/t42-/m1/s1. The van der Waals surface area contributed by atoms with Gasteiger partial charge in [-0.3, -0.25) is 14.1 Å². The van der Waals surface area contributed by atoms with Crippen molar-refractivity contribution in [3.63, 3.8) is 0 Å². The quantitative estimate of drug-likeness (QED) is 0.0272. The lowest BCUT2D eigenvalue weighted by Crippen LogP contribution is -2.29. The number of ether oxygens (including phenoxy) is 2. The predicted molar refractivity (Wildman–Crippen MR) is 221 cm³/mol. The molecule has 0 aromatic carbocycles. The van der Waals surface area contributed by atoms with Crippen LogP contribution in [-0.4, -0.2) is 41.0 Å². The molecule has 0 fully saturated rings. The molecule has 0 amide bonds. The number of allylic oxidation sites excluding steroid dienone is 2. The van der Waals surface area contributed by atoms with Crippen LogP contribution < -0.4 is 0 Å². The highest BCUT2D eigenvalue weighted by Gasteiger charge is 2.23. The smallest absolute Gasteiger partial charge is 0.462 e. The number of hydrogen-bond donors (Lipinski definition) is 2. The molecule has 0 saturated carbocycles. The molecule has 0 rings (SSSR count). The molecule has 0 unspecified atom stereocenters. The normalized spacial score (nSPS) is 12.5. The second kappa shape index (κ2) is 40.5. The van der Waals surface area contributed by atoms with Crippen molar-refractivity contribution in [3.8, 4) is 0 Å². The molecule has 1 atom stereocenters. The van der Waals surface area contributed by atoms with E-state index in [-0.39, 0.29) is 19.4 Å². The summed E-state index contributed by atoms with van der Waals surface area (Å²) in [5, 5.41) is 0. The molecule has 0 aromatic heterocycles. The first-order valence-electron chi connectivity index (χ1n) is 22.5. The molecular weight excluding hydrogens is 687 g/mol. The first kappa shape index (κ1) is 51.8. The molecule has 0 bridgehead atoms. The van der Waals surface area contributed by atoms with Crippen LogP contribution in [0.1, 0.15) is 239 Å². The molecule has 0 aliphatic carbocycles. The van der Waals surface area contributed by atoms with E-state index in [0.29, 0.717) is 6.42 Å². The lowest BCUT2D eigenvalue weighted by molar-refractivity contribution is -0.161. The van der Waals surface area contributed by atoms with E-state index in [9.17, 15) is 14.2 Å². The number of unbranched alkanes of at least 4 members (excludes halogenated alkanes) is 30. The molecule has 0 spiro atoms. The van der Waals surface area contributed by atoms with Gasteiger partial charge < -0.3 is 19.3 Å². The summed E-state index contributed by atoms with van der Waals surface area (Å²) in [5.41, 5.74) is 0. The number of carbonyl (C=O) groups excluding carboxylic acids is 2. The molecule has 53 heavy (non-hydrogen) atoms. The Balaban J connectivity index is 3.79. The average molecular weight is 773 g/mol. The van der Waals surface area contributed by atoms with Crippen LogP contribution in [0.4, 0.5) is 0 Å². The first-order chi connectivity index (χ1) is 25.8. The van der Waals surface area contributed by atoms with E-state index in [1.165, 1.54) is 154 Å². The Morgan fingerprint density at radius 2 is 0.792 bits per heavy atom. The fourth-order valence-electron chi connectivity index (χ4n) is 6.66. The van der Waals surface area contributed by atoms with E-state index in [2.05, 4.69) is 30.5 Å². The Bertz CT molecular complexity index is 873. The van der Waals surface area contributed by atoms with Crippen molar-refractivity contribution in [1.29, 1.82) is 0 Å². The van der Waals surface area contributed by atoms with E-state index in [1.54, 1.807) is 0 Å². The van der Waals surface area contributed by atoms with Crippen molar-refractivity contribution in [1.82, 2.24) is 0 Å². The minimum Gasteiger partial charge on any atom is -0.462 e. The maximum atomic E-state index is 12.4. The van der Waals surface area contributed by atoms with Gasteiger partial charge in [-0.15, -0.1) is 0 Å². The van der Waals surface area contributed by atoms with E-state index in [1.807, 2.05) is 0 Å². The molecule has 0 radical (unpaired) electrons. The zero-order valence-electron chi connectivity index (χ0n) is 34.7. The summed E-state index contributed by atoms with van der Waals surface area (Å²) in [4.78, 5) is 42.9. The number of carbonyl (C=O) groups is 2. The van der Waals surface area contributed by atoms with Crippen molar-refractivity contribution in [2.45, 2.75) is 245 Å². The molecule has 0 aromatic rings. The lowest BCUT2D eigenvalue weighted by atomic mass is 10.0. The van der Waals surface area contributed by atoms with Gasteiger partial charge in [0.15, 0.2) is 6.10 Å². The Morgan fingerprint density at radius 1 is 0.472 bits per heavy atom. The largest absolute Gasteiger partial charge is 0.469 e. The zero-order chi connectivity index (χ0) is 38.9. The highest BCUT2D eigenvalue weighted by Crippen LogP contribution is 2.36. The van der Waals surface area contributed by atoms with Crippen LogP contribution in [0.25, 0.3) is 0 Å². The van der Waals surface area contributed by atoms with Gasteiger partial charge in [0.05, 0.1) is 6.61 Å². The molecule has 9 heteroatoms. The molecule has 314 valence electrons. The van der Waals surface area contributed by atoms with Gasteiger partial charge in [0.2, 0.25) is 0 Å². The number of rotatable bonds is 42. The topological polar surface area (TPSA) is 119 Å². The van der Waals surface area contributed by atoms with Crippen molar-refractivity contribution >= 4 is 19.8 Å². The summed E-state index contributed by atoms with van der Waals surface area (Å²) in [6.45, 7) is 3.69. The third-order valence-electron chi connectivity index (χ3n) is 10.0. The van der Waals surface area contributed by atoms with E-state index in [4.69, 9.17) is 19.3 Å². The Morgan fingerprint density at radius 3 is 1.17 bits per heavy atom. The van der Waals surface area contributed by atoms with Gasteiger partial charge in [-0.05, 0) is 38.5 Å². The van der Waals surface area contributed by atoms with Crippen LogP contribution in [0.5, 0.6) is 0 Å². The lowest BCUT2D eigenvalue weighted by Gasteiger charge is -2.18. The number of esters is 2. The third kappa shape index (κ3) is 43.4. The second-order valence-corrected chi connectivity index (χ2v) is 16.6. The van der Waals surface area contributed by atoms with Gasteiger partial charge in [0.25, 0.3) is 0 Å². The summed E-state index contributed by atoms with van der Waals surface area (Å²) >= 11 is 0. The summed E-state index contributed by atoms with van der Waals surface area (Å²) in [6.07, 6.45) is 45.2. The Hall–Kier alpha value is -1.21. The van der Waals surface area contributed by atoms with Crippen molar-refractivity contribution < 1.29 is 37.9 Å². The van der Waals surface area contributed by atoms with Gasteiger partial charge >= 0.3 is 19.8 Å². The minimum absolute atomic E-state index is 0.206. The average Bonchev–Trinajstić information content (AvgIpc) is 3.13. The van der Waals surface area contributed by atoms with Gasteiger partial charge in [-0.25, -0.2) is 4.57 Å². The van der Waals surface area contributed by atoms with Crippen molar-refractivity contribution in [3.05, 3.63) is 12.2 Å². The maximum absolute atomic E-state index is 12.4. The molecule has 0 heterocycles. The molecular formula is C44H85O8P. The van der Waals surface area contributed by atoms with Crippen LogP contribution in [0.2, 0.25) is 0 Å². The second-order valence-electron chi connectivity index (χ2n) is 15.4.